The number of urea groups is 1. The van der Waals surface area contributed by atoms with E-state index in [0.717, 1.165) is 0 Å². The van der Waals surface area contributed by atoms with Gasteiger partial charge in [-0.05, 0) is 25.5 Å². The minimum Gasteiger partial charge on any atom is -0.392 e. The molecule has 110 valence electrons. The van der Waals surface area contributed by atoms with Crippen LogP contribution >= 0.6 is 11.6 Å². The van der Waals surface area contributed by atoms with Gasteiger partial charge in [0.05, 0.1) is 6.10 Å². The van der Waals surface area contributed by atoms with Gasteiger partial charge in [-0.15, -0.1) is 0 Å². The van der Waals surface area contributed by atoms with E-state index in [9.17, 15) is 14.3 Å². The first-order valence-corrected chi connectivity index (χ1v) is 6.91. The molecule has 1 aliphatic rings. The Bertz CT molecular complexity index is 490. The first-order chi connectivity index (χ1) is 9.40. The van der Waals surface area contributed by atoms with E-state index in [1.54, 1.807) is 26.1 Å². The van der Waals surface area contributed by atoms with Crippen molar-refractivity contribution in [1.82, 2.24) is 10.2 Å². The lowest BCUT2D eigenvalue weighted by Crippen LogP contribution is -2.41. The predicted octanol–water partition coefficient (Wildman–Crippen LogP) is 2.36. The van der Waals surface area contributed by atoms with Crippen LogP contribution in [0.25, 0.3) is 0 Å². The van der Waals surface area contributed by atoms with Gasteiger partial charge in [-0.25, -0.2) is 9.18 Å². The number of amides is 2. The normalized spacial score (nSPS) is 22.2. The summed E-state index contributed by atoms with van der Waals surface area (Å²) in [7, 11) is 1.61. The number of halogens is 2. The number of nitrogens with zero attached hydrogens (tertiary/aromatic N) is 1. The van der Waals surface area contributed by atoms with E-state index < -0.39 is 6.10 Å². The highest BCUT2D eigenvalue weighted by molar-refractivity contribution is 6.31. The average Bonchev–Trinajstić information content (AvgIpc) is 3.07. The van der Waals surface area contributed by atoms with E-state index >= 15 is 0 Å². The summed E-state index contributed by atoms with van der Waals surface area (Å²) in [6, 6.07) is 4.21. The minimum atomic E-state index is -0.582. The molecule has 3 atom stereocenters. The molecule has 0 saturated heterocycles. The van der Waals surface area contributed by atoms with Crippen LogP contribution in [-0.2, 0) is 0 Å². The standard InChI is InChI=1S/C14H18ClFN2O2/c1-8(19)7-18(2)14(20)17-12-6-9(12)13-10(15)4-3-5-11(13)16/h3-5,8-9,12,19H,6-7H2,1-2H3,(H,17,20). The second-order valence-corrected chi connectivity index (χ2v) is 5.67. The van der Waals surface area contributed by atoms with E-state index in [1.165, 1.54) is 11.0 Å². The Kier molecular flexibility index (Phi) is 4.50. The fraction of sp³-hybridized carbons (Fsp3) is 0.500. The lowest BCUT2D eigenvalue weighted by molar-refractivity contribution is 0.143. The molecule has 20 heavy (non-hydrogen) atoms. The molecule has 2 amide bonds. The summed E-state index contributed by atoms with van der Waals surface area (Å²) in [4.78, 5) is 13.3. The fourth-order valence-electron chi connectivity index (χ4n) is 2.29. The van der Waals surface area contributed by atoms with Crippen molar-refractivity contribution >= 4 is 17.6 Å². The van der Waals surface area contributed by atoms with Gasteiger partial charge in [-0.3, -0.25) is 0 Å². The highest BCUT2D eigenvalue weighted by atomic mass is 35.5. The van der Waals surface area contributed by atoms with Gasteiger partial charge >= 0.3 is 6.03 Å². The van der Waals surface area contributed by atoms with Crippen molar-refractivity contribution in [3.63, 3.8) is 0 Å². The summed E-state index contributed by atoms with van der Waals surface area (Å²) in [6.45, 7) is 1.87. The molecule has 2 rings (SSSR count). The molecule has 1 aromatic rings. The van der Waals surface area contributed by atoms with Crippen LogP contribution in [0.15, 0.2) is 18.2 Å². The molecule has 0 radical (unpaired) electrons. The molecule has 1 aliphatic carbocycles. The Morgan fingerprint density at radius 2 is 2.35 bits per heavy atom. The van der Waals surface area contributed by atoms with Gasteiger partial charge in [0.2, 0.25) is 0 Å². The molecule has 1 aromatic carbocycles. The third kappa shape index (κ3) is 3.41. The van der Waals surface area contributed by atoms with Gasteiger partial charge in [-0.1, -0.05) is 17.7 Å². The fourth-order valence-corrected chi connectivity index (χ4v) is 2.59. The van der Waals surface area contributed by atoms with Crippen LogP contribution in [0.1, 0.15) is 24.8 Å². The number of nitrogens with one attached hydrogen (secondary N) is 1. The van der Waals surface area contributed by atoms with Crippen molar-refractivity contribution in [2.24, 2.45) is 0 Å². The Morgan fingerprint density at radius 3 is 2.95 bits per heavy atom. The molecular formula is C14H18ClFN2O2. The summed E-state index contributed by atoms with van der Waals surface area (Å²) in [5.41, 5.74) is 0.470. The van der Waals surface area contributed by atoms with Crippen molar-refractivity contribution in [2.45, 2.75) is 31.4 Å². The predicted molar refractivity (Wildman–Crippen MR) is 75.4 cm³/mol. The van der Waals surface area contributed by atoms with Crippen molar-refractivity contribution in [3.8, 4) is 0 Å². The second kappa shape index (κ2) is 5.97. The Labute approximate surface area is 122 Å². The molecule has 6 heteroatoms. The van der Waals surface area contributed by atoms with Crippen LogP contribution in [0.4, 0.5) is 9.18 Å². The van der Waals surface area contributed by atoms with E-state index in [-0.39, 0.29) is 30.4 Å². The molecule has 0 aliphatic heterocycles. The molecule has 0 spiro atoms. The van der Waals surface area contributed by atoms with Crippen molar-refractivity contribution in [1.29, 1.82) is 0 Å². The highest BCUT2D eigenvalue weighted by Crippen LogP contribution is 2.44. The van der Waals surface area contributed by atoms with E-state index in [1.807, 2.05) is 0 Å². The van der Waals surface area contributed by atoms with Gasteiger partial charge in [0, 0.05) is 36.1 Å². The quantitative estimate of drug-likeness (QED) is 0.897. The number of rotatable bonds is 4. The summed E-state index contributed by atoms with van der Waals surface area (Å²) >= 11 is 6.00. The molecule has 1 fully saturated rings. The van der Waals surface area contributed by atoms with E-state index in [2.05, 4.69) is 5.32 Å². The highest BCUT2D eigenvalue weighted by Gasteiger charge is 2.42. The number of hydrogen-bond donors (Lipinski definition) is 2. The minimum absolute atomic E-state index is 0.0763. The van der Waals surface area contributed by atoms with Crippen LogP contribution in [0.2, 0.25) is 5.02 Å². The lowest BCUT2D eigenvalue weighted by atomic mass is 10.1. The van der Waals surface area contributed by atoms with E-state index in [0.29, 0.717) is 17.0 Å². The van der Waals surface area contributed by atoms with Gasteiger partial charge in [-0.2, -0.15) is 0 Å². The molecule has 3 unspecified atom stereocenters. The smallest absolute Gasteiger partial charge is 0.317 e. The molecule has 4 nitrogen and oxygen atoms in total. The van der Waals surface area contributed by atoms with E-state index in [4.69, 9.17) is 11.6 Å². The van der Waals surface area contributed by atoms with Crippen molar-refractivity contribution < 1.29 is 14.3 Å². The van der Waals surface area contributed by atoms with Crippen LogP contribution < -0.4 is 5.32 Å². The summed E-state index contributed by atoms with van der Waals surface area (Å²) in [6.07, 6.45) is 0.0938. The Morgan fingerprint density at radius 1 is 1.65 bits per heavy atom. The molecule has 0 heterocycles. The lowest BCUT2D eigenvalue weighted by Gasteiger charge is -2.19. The van der Waals surface area contributed by atoms with Crippen LogP contribution in [0, 0.1) is 5.82 Å². The summed E-state index contributed by atoms with van der Waals surface area (Å²) < 4.78 is 13.7. The van der Waals surface area contributed by atoms with Gasteiger partial charge in [0.15, 0.2) is 0 Å². The Hall–Kier alpha value is -1.33. The maximum Gasteiger partial charge on any atom is 0.317 e. The maximum atomic E-state index is 13.7. The van der Waals surface area contributed by atoms with Gasteiger partial charge in [0.25, 0.3) is 0 Å². The van der Waals surface area contributed by atoms with Crippen LogP contribution in [-0.4, -0.2) is 41.8 Å². The zero-order valence-electron chi connectivity index (χ0n) is 11.4. The molecule has 2 N–H and O–H groups in total. The number of carbonyl (C=O) groups excluding carboxylic acids is 1. The summed E-state index contributed by atoms with van der Waals surface area (Å²) in [5, 5.41) is 12.4. The first-order valence-electron chi connectivity index (χ1n) is 6.53. The number of hydrogen-bond acceptors (Lipinski definition) is 2. The monoisotopic (exact) mass is 300 g/mol. The third-order valence-electron chi connectivity index (χ3n) is 3.35. The van der Waals surface area contributed by atoms with Crippen LogP contribution in [0.5, 0.6) is 0 Å². The number of benzene rings is 1. The molecule has 0 bridgehead atoms. The largest absolute Gasteiger partial charge is 0.392 e. The second-order valence-electron chi connectivity index (χ2n) is 5.26. The van der Waals surface area contributed by atoms with Gasteiger partial charge in [0.1, 0.15) is 5.82 Å². The van der Waals surface area contributed by atoms with Gasteiger partial charge < -0.3 is 15.3 Å². The molecule has 0 aromatic heterocycles. The molecular weight excluding hydrogens is 283 g/mol. The molecule has 1 saturated carbocycles. The number of likely N-dealkylation sites (N-methyl/N-ethyl adjacent to an activating group) is 1. The van der Waals surface area contributed by atoms with Crippen molar-refractivity contribution in [2.75, 3.05) is 13.6 Å². The zero-order chi connectivity index (χ0) is 14.9. The number of aliphatic hydroxyl groups excluding tert-OH is 1. The van der Waals surface area contributed by atoms with Crippen molar-refractivity contribution in [3.05, 3.63) is 34.6 Å². The summed E-state index contributed by atoms with van der Waals surface area (Å²) in [5.74, 6) is -0.413. The Balaban J connectivity index is 1.94. The maximum absolute atomic E-state index is 13.7. The SMILES string of the molecule is CC(O)CN(C)C(=O)NC1CC1c1c(F)cccc1Cl. The number of carbonyl (C=O) groups is 1. The average molecular weight is 301 g/mol. The topological polar surface area (TPSA) is 52.6 Å². The third-order valence-corrected chi connectivity index (χ3v) is 3.68. The zero-order valence-corrected chi connectivity index (χ0v) is 12.2. The first kappa shape index (κ1) is 15.1. The van der Waals surface area contributed by atoms with Crippen LogP contribution in [0.3, 0.4) is 0 Å². The number of aliphatic hydroxyl groups is 1.